The highest BCUT2D eigenvalue weighted by Gasteiger charge is 2.19. The van der Waals surface area contributed by atoms with Gasteiger partial charge < -0.3 is 15.2 Å². The van der Waals surface area contributed by atoms with Crippen LogP contribution in [-0.4, -0.2) is 52.9 Å². The Morgan fingerprint density at radius 2 is 1.85 bits per heavy atom. The minimum atomic E-state index is 0.110. The molecule has 1 fully saturated rings. The lowest BCUT2D eigenvalue weighted by Crippen LogP contribution is -2.38. The third kappa shape index (κ3) is 4.67. The Morgan fingerprint density at radius 1 is 1.15 bits per heavy atom. The normalized spacial score (nSPS) is 15.8. The molecule has 1 saturated heterocycles. The number of anilines is 1. The molecule has 1 aliphatic heterocycles. The molecule has 2 N–H and O–H groups in total. The molecule has 0 saturated carbocycles. The molecule has 2 heterocycles. The molecule has 5 nitrogen and oxygen atoms in total. The molecule has 26 heavy (non-hydrogen) atoms. The van der Waals surface area contributed by atoms with Crippen LogP contribution in [0.5, 0.6) is 0 Å². The standard InChI is InChI=1S/C21H30N4O/c1-3-25(4-2)21(26)17-7-9-18(10-8-17)23-19-11-14-24(15-12-19)16-20-6-5-13-22-20/h5-10,13,19,22-23H,3-4,11-12,14-16H2,1-2H3. The van der Waals surface area contributed by atoms with Gasteiger partial charge in [-0.05, 0) is 63.1 Å². The lowest BCUT2D eigenvalue weighted by atomic mass is 10.0. The van der Waals surface area contributed by atoms with Gasteiger partial charge in [-0.2, -0.15) is 0 Å². The fourth-order valence-electron chi connectivity index (χ4n) is 3.58. The third-order valence-electron chi connectivity index (χ3n) is 5.20. The first-order valence-corrected chi connectivity index (χ1v) is 9.70. The minimum absolute atomic E-state index is 0.110. The van der Waals surface area contributed by atoms with E-state index in [1.54, 1.807) is 0 Å². The molecule has 1 aliphatic rings. The Hall–Kier alpha value is -2.27. The zero-order valence-electron chi connectivity index (χ0n) is 15.9. The smallest absolute Gasteiger partial charge is 0.253 e. The van der Waals surface area contributed by atoms with Crippen molar-refractivity contribution in [3.05, 3.63) is 53.9 Å². The van der Waals surface area contributed by atoms with Crippen molar-refractivity contribution in [3.63, 3.8) is 0 Å². The molecule has 0 bridgehead atoms. The maximum absolute atomic E-state index is 12.4. The van der Waals surface area contributed by atoms with Gasteiger partial charge >= 0.3 is 0 Å². The van der Waals surface area contributed by atoms with E-state index >= 15 is 0 Å². The third-order valence-corrected chi connectivity index (χ3v) is 5.20. The van der Waals surface area contributed by atoms with Crippen molar-refractivity contribution < 1.29 is 4.79 Å². The van der Waals surface area contributed by atoms with Crippen LogP contribution in [0.15, 0.2) is 42.6 Å². The number of likely N-dealkylation sites (tertiary alicyclic amines) is 1. The van der Waals surface area contributed by atoms with E-state index in [-0.39, 0.29) is 5.91 Å². The number of piperidine rings is 1. The van der Waals surface area contributed by atoms with Crippen LogP contribution in [0.2, 0.25) is 0 Å². The van der Waals surface area contributed by atoms with Crippen molar-refractivity contribution in [2.24, 2.45) is 0 Å². The first-order valence-electron chi connectivity index (χ1n) is 9.70. The van der Waals surface area contributed by atoms with Crippen molar-refractivity contribution in [3.8, 4) is 0 Å². The molecule has 2 aromatic rings. The van der Waals surface area contributed by atoms with E-state index < -0.39 is 0 Å². The summed E-state index contributed by atoms with van der Waals surface area (Å²) < 4.78 is 0. The summed E-state index contributed by atoms with van der Waals surface area (Å²) in [6.45, 7) is 8.73. The fourth-order valence-corrected chi connectivity index (χ4v) is 3.58. The van der Waals surface area contributed by atoms with Gasteiger partial charge in [0.15, 0.2) is 0 Å². The molecule has 3 rings (SSSR count). The Bertz CT molecular complexity index is 669. The van der Waals surface area contributed by atoms with Gasteiger partial charge in [0.1, 0.15) is 0 Å². The van der Waals surface area contributed by atoms with E-state index in [4.69, 9.17) is 0 Å². The van der Waals surface area contributed by atoms with Gasteiger partial charge in [-0.25, -0.2) is 0 Å². The molecule has 140 valence electrons. The van der Waals surface area contributed by atoms with Crippen LogP contribution in [0, 0.1) is 0 Å². The van der Waals surface area contributed by atoms with Crippen molar-refractivity contribution in [1.29, 1.82) is 0 Å². The van der Waals surface area contributed by atoms with Crippen LogP contribution >= 0.6 is 0 Å². The van der Waals surface area contributed by atoms with Crippen LogP contribution in [0.3, 0.4) is 0 Å². The fraction of sp³-hybridized carbons (Fsp3) is 0.476. The van der Waals surface area contributed by atoms with Gasteiger partial charge in [-0.1, -0.05) is 0 Å². The number of nitrogens with one attached hydrogen (secondary N) is 2. The molecular weight excluding hydrogens is 324 g/mol. The summed E-state index contributed by atoms with van der Waals surface area (Å²) in [6.07, 6.45) is 4.26. The van der Waals surface area contributed by atoms with Gasteiger partial charge in [-0.15, -0.1) is 0 Å². The minimum Gasteiger partial charge on any atom is -0.382 e. The maximum atomic E-state index is 12.4. The van der Waals surface area contributed by atoms with Gasteiger partial charge in [0.2, 0.25) is 0 Å². The first kappa shape index (κ1) is 18.5. The zero-order valence-corrected chi connectivity index (χ0v) is 15.9. The number of hydrogen-bond acceptors (Lipinski definition) is 3. The molecule has 0 spiro atoms. The predicted molar refractivity (Wildman–Crippen MR) is 106 cm³/mol. The number of H-pyrrole nitrogens is 1. The van der Waals surface area contributed by atoms with Gasteiger partial charge in [0.25, 0.3) is 5.91 Å². The molecular formula is C21H30N4O. The van der Waals surface area contributed by atoms with Crippen molar-refractivity contribution in [2.45, 2.75) is 39.3 Å². The summed E-state index contributed by atoms with van der Waals surface area (Å²) in [5.41, 5.74) is 3.15. The predicted octanol–water partition coefficient (Wildman–Crippen LogP) is 3.57. The number of nitrogens with zero attached hydrogens (tertiary/aromatic N) is 2. The van der Waals surface area contributed by atoms with E-state index in [1.165, 1.54) is 5.69 Å². The summed E-state index contributed by atoms with van der Waals surface area (Å²) >= 11 is 0. The molecule has 0 radical (unpaired) electrons. The summed E-state index contributed by atoms with van der Waals surface area (Å²) in [5.74, 6) is 0.110. The Kier molecular flexibility index (Phi) is 6.34. The van der Waals surface area contributed by atoms with Crippen LogP contribution in [-0.2, 0) is 6.54 Å². The number of aromatic amines is 1. The lowest BCUT2D eigenvalue weighted by molar-refractivity contribution is 0.0773. The Labute approximate surface area is 156 Å². The zero-order chi connectivity index (χ0) is 18.4. The second-order valence-corrected chi connectivity index (χ2v) is 6.94. The monoisotopic (exact) mass is 354 g/mol. The molecule has 0 atom stereocenters. The van der Waals surface area contributed by atoms with Crippen molar-refractivity contribution in [1.82, 2.24) is 14.8 Å². The average molecular weight is 354 g/mol. The quantitative estimate of drug-likeness (QED) is 0.799. The van der Waals surface area contributed by atoms with Crippen LogP contribution in [0.1, 0.15) is 42.7 Å². The first-order chi connectivity index (χ1) is 12.7. The number of rotatable bonds is 7. The van der Waals surface area contributed by atoms with E-state index in [1.807, 2.05) is 49.2 Å². The average Bonchev–Trinajstić information content (AvgIpc) is 3.18. The molecule has 1 aromatic heterocycles. The second-order valence-electron chi connectivity index (χ2n) is 6.94. The molecule has 1 aromatic carbocycles. The molecule has 0 unspecified atom stereocenters. The lowest BCUT2D eigenvalue weighted by Gasteiger charge is -2.32. The SMILES string of the molecule is CCN(CC)C(=O)c1ccc(NC2CCN(Cc3ccc[nH]3)CC2)cc1. The maximum Gasteiger partial charge on any atom is 0.253 e. The Morgan fingerprint density at radius 3 is 2.42 bits per heavy atom. The van der Waals surface area contributed by atoms with E-state index in [2.05, 4.69) is 27.3 Å². The highest BCUT2D eigenvalue weighted by Crippen LogP contribution is 2.19. The van der Waals surface area contributed by atoms with Crippen molar-refractivity contribution in [2.75, 3.05) is 31.5 Å². The molecule has 5 heteroatoms. The second kappa shape index (κ2) is 8.90. The number of carbonyl (C=O) groups is 1. The summed E-state index contributed by atoms with van der Waals surface area (Å²) in [7, 11) is 0. The summed E-state index contributed by atoms with van der Waals surface area (Å²) in [5, 5.41) is 3.62. The highest BCUT2D eigenvalue weighted by molar-refractivity contribution is 5.94. The van der Waals surface area contributed by atoms with Crippen LogP contribution < -0.4 is 5.32 Å². The largest absolute Gasteiger partial charge is 0.382 e. The number of carbonyl (C=O) groups excluding carboxylic acids is 1. The number of amides is 1. The molecule has 0 aliphatic carbocycles. The highest BCUT2D eigenvalue weighted by atomic mass is 16.2. The topological polar surface area (TPSA) is 51.4 Å². The number of benzene rings is 1. The molecule has 1 amide bonds. The van der Waals surface area contributed by atoms with Gasteiger partial charge in [0.05, 0.1) is 0 Å². The summed E-state index contributed by atoms with van der Waals surface area (Å²) in [4.78, 5) is 20.0. The van der Waals surface area contributed by atoms with E-state index in [9.17, 15) is 4.79 Å². The van der Waals surface area contributed by atoms with E-state index in [0.29, 0.717) is 6.04 Å². The van der Waals surface area contributed by atoms with Gasteiger partial charge in [0, 0.05) is 61.9 Å². The number of hydrogen-bond donors (Lipinski definition) is 2. The summed E-state index contributed by atoms with van der Waals surface area (Å²) in [6, 6.07) is 12.6. The van der Waals surface area contributed by atoms with E-state index in [0.717, 1.165) is 56.8 Å². The number of aromatic nitrogens is 1. The van der Waals surface area contributed by atoms with Crippen LogP contribution in [0.25, 0.3) is 0 Å². The Balaban J connectivity index is 1.48. The van der Waals surface area contributed by atoms with Gasteiger partial charge in [-0.3, -0.25) is 9.69 Å². The van der Waals surface area contributed by atoms with Crippen LogP contribution in [0.4, 0.5) is 5.69 Å². The van der Waals surface area contributed by atoms with Crippen molar-refractivity contribution >= 4 is 11.6 Å².